The molecule has 0 atom stereocenters. The van der Waals surface area contributed by atoms with E-state index in [-0.39, 0.29) is 5.91 Å². The van der Waals surface area contributed by atoms with Crippen molar-refractivity contribution in [2.45, 2.75) is 26.2 Å². The molecule has 0 radical (unpaired) electrons. The van der Waals surface area contributed by atoms with E-state index in [1.807, 2.05) is 36.6 Å². The van der Waals surface area contributed by atoms with Gasteiger partial charge in [-0.25, -0.2) is 4.98 Å². The number of carbonyl (C=O) groups is 1. The van der Waals surface area contributed by atoms with Gasteiger partial charge in [0.1, 0.15) is 0 Å². The first-order valence-corrected chi connectivity index (χ1v) is 7.42. The normalized spacial score (nSPS) is 14.4. The molecule has 0 aliphatic heterocycles. The molecular formula is C15H16N2OS. The highest BCUT2D eigenvalue weighted by Gasteiger charge is 2.24. The molecule has 4 heteroatoms. The van der Waals surface area contributed by atoms with Crippen LogP contribution in [0.4, 0.5) is 5.69 Å². The first-order valence-electron chi connectivity index (χ1n) is 6.54. The number of thiazole rings is 1. The van der Waals surface area contributed by atoms with Crippen LogP contribution < -0.4 is 5.32 Å². The molecule has 1 N–H and O–H groups in total. The summed E-state index contributed by atoms with van der Waals surface area (Å²) in [5, 5.41) is 6.08. The Morgan fingerprint density at radius 2 is 2.21 bits per heavy atom. The summed E-state index contributed by atoms with van der Waals surface area (Å²) in [5.74, 6) is 0.718. The number of aromatic nitrogens is 1. The molecule has 1 aromatic heterocycles. The largest absolute Gasteiger partial charge is 0.325 e. The first kappa shape index (κ1) is 12.4. The van der Waals surface area contributed by atoms with Gasteiger partial charge in [-0.2, -0.15) is 0 Å². The van der Waals surface area contributed by atoms with Crippen LogP contribution >= 0.6 is 11.3 Å². The summed E-state index contributed by atoms with van der Waals surface area (Å²) in [7, 11) is 0. The monoisotopic (exact) mass is 272 g/mol. The summed E-state index contributed by atoms with van der Waals surface area (Å²) >= 11 is 1.62. The number of nitrogens with zero attached hydrogens (tertiary/aromatic N) is 1. The highest BCUT2D eigenvalue weighted by atomic mass is 32.1. The Labute approximate surface area is 116 Å². The van der Waals surface area contributed by atoms with E-state index in [9.17, 15) is 4.79 Å². The molecule has 1 heterocycles. The molecule has 0 bridgehead atoms. The Balaban J connectivity index is 1.82. The van der Waals surface area contributed by atoms with E-state index in [1.54, 1.807) is 11.3 Å². The maximum absolute atomic E-state index is 11.9. The highest BCUT2D eigenvalue weighted by molar-refractivity contribution is 7.09. The number of nitrogens with one attached hydrogen (secondary N) is 1. The van der Waals surface area contributed by atoms with Gasteiger partial charge >= 0.3 is 0 Å². The maximum atomic E-state index is 11.9. The summed E-state index contributed by atoms with van der Waals surface area (Å²) in [6.45, 7) is 1.99. The number of hydrogen-bond acceptors (Lipinski definition) is 3. The van der Waals surface area contributed by atoms with E-state index >= 15 is 0 Å². The predicted molar refractivity (Wildman–Crippen MR) is 78.3 cm³/mol. The lowest BCUT2D eigenvalue weighted by molar-refractivity contribution is -0.116. The molecule has 3 nitrogen and oxygen atoms in total. The van der Waals surface area contributed by atoms with Gasteiger partial charge in [0, 0.05) is 17.4 Å². The minimum absolute atomic E-state index is 0.113. The van der Waals surface area contributed by atoms with Crippen LogP contribution in [0.3, 0.4) is 0 Å². The summed E-state index contributed by atoms with van der Waals surface area (Å²) in [6.07, 6.45) is 3.03. The van der Waals surface area contributed by atoms with Gasteiger partial charge in [0.15, 0.2) is 0 Å². The van der Waals surface area contributed by atoms with Crippen LogP contribution in [-0.4, -0.2) is 10.9 Å². The first-order chi connectivity index (χ1) is 9.22. The van der Waals surface area contributed by atoms with E-state index in [4.69, 9.17) is 0 Å². The van der Waals surface area contributed by atoms with Crippen molar-refractivity contribution in [3.05, 3.63) is 34.7 Å². The highest BCUT2D eigenvalue weighted by Crippen LogP contribution is 2.33. The van der Waals surface area contributed by atoms with Gasteiger partial charge in [-0.15, -0.1) is 11.3 Å². The third kappa shape index (κ3) is 3.01. The molecule has 2 aromatic rings. The molecule has 0 spiro atoms. The molecule has 98 valence electrons. The van der Waals surface area contributed by atoms with Crippen molar-refractivity contribution in [1.82, 2.24) is 4.98 Å². The van der Waals surface area contributed by atoms with Gasteiger partial charge in [-0.05, 0) is 31.7 Å². The predicted octanol–water partition coefficient (Wildman–Crippen LogP) is 3.86. The zero-order valence-electron chi connectivity index (χ0n) is 10.8. The van der Waals surface area contributed by atoms with Crippen molar-refractivity contribution in [1.29, 1.82) is 0 Å². The Morgan fingerprint density at radius 1 is 1.42 bits per heavy atom. The van der Waals surface area contributed by atoms with Crippen molar-refractivity contribution in [3.63, 3.8) is 0 Å². The minimum Gasteiger partial charge on any atom is -0.325 e. The maximum Gasteiger partial charge on any atom is 0.224 e. The Hall–Kier alpha value is -1.68. The average molecular weight is 272 g/mol. The number of anilines is 1. The quantitative estimate of drug-likeness (QED) is 0.918. The molecule has 1 aliphatic rings. The zero-order valence-corrected chi connectivity index (χ0v) is 11.7. The molecule has 0 unspecified atom stereocenters. The molecule has 1 amide bonds. The van der Waals surface area contributed by atoms with E-state index in [0.29, 0.717) is 12.3 Å². The third-order valence-electron chi connectivity index (χ3n) is 3.27. The fourth-order valence-corrected chi connectivity index (χ4v) is 2.70. The lowest BCUT2D eigenvalue weighted by atomic mass is 10.1. The SMILES string of the molecule is Cc1nc(-c2ccccc2NC(=O)CC2CC2)cs1. The van der Waals surface area contributed by atoms with Gasteiger partial charge < -0.3 is 5.32 Å². The van der Waals surface area contributed by atoms with Crippen molar-refractivity contribution in [3.8, 4) is 11.3 Å². The second kappa shape index (κ2) is 5.13. The van der Waals surface area contributed by atoms with Crippen LogP contribution in [0.5, 0.6) is 0 Å². The van der Waals surface area contributed by atoms with Crippen LogP contribution in [0, 0.1) is 12.8 Å². The van der Waals surface area contributed by atoms with Crippen molar-refractivity contribution in [2.24, 2.45) is 5.92 Å². The second-order valence-corrected chi connectivity index (χ2v) is 6.06. The van der Waals surface area contributed by atoms with E-state index in [2.05, 4.69) is 10.3 Å². The van der Waals surface area contributed by atoms with Crippen LogP contribution in [-0.2, 0) is 4.79 Å². The van der Waals surface area contributed by atoms with Crippen LogP contribution in [0.1, 0.15) is 24.3 Å². The average Bonchev–Trinajstić information content (AvgIpc) is 3.09. The third-order valence-corrected chi connectivity index (χ3v) is 4.04. The van der Waals surface area contributed by atoms with Crippen molar-refractivity contribution >= 4 is 22.9 Å². The van der Waals surface area contributed by atoms with Crippen LogP contribution in [0.15, 0.2) is 29.6 Å². The lowest BCUT2D eigenvalue weighted by Gasteiger charge is -2.09. The molecule has 1 fully saturated rings. The molecule has 1 aliphatic carbocycles. The van der Waals surface area contributed by atoms with Crippen LogP contribution in [0.2, 0.25) is 0 Å². The van der Waals surface area contributed by atoms with Crippen LogP contribution in [0.25, 0.3) is 11.3 Å². The fraction of sp³-hybridized carbons (Fsp3) is 0.333. The number of hydrogen-bond donors (Lipinski definition) is 1. The van der Waals surface area contributed by atoms with Gasteiger partial charge in [0.05, 0.1) is 16.4 Å². The molecular weight excluding hydrogens is 256 g/mol. The number of benzene rings is 1. The summed E-state index contributed by atoms with van der Waals surface area (Å²) < 4.78 is 0. The standard InChI is InChI=1S/C15H16N2OS/c1-10-16-14(9-19-10)12-4-2-3-5-13(12)17-15(18)8-11-6-7-11/h2-5,9,11H,6-8H2,1H3,(H,17,18). The topological polar surface area (TPSA) is 42.0 Å². The summed E-state index contributed by atoms with van der Waals surface area (Å²) in [6, 6.07) is 7.85. The molecule has 0 saturated heterocycles. The Morgan fingerprint density at radius 3 is 2.89 bits per heavy atom. The number of amides is 1. The van der Waals surface area contributed by atoms with Crippen molar-refractivity contribution in [2.75, 3.05) is 5.32 Å². The van der Waals surface area contributed by atoms with Gasteiger partial charge in [0.25, 0.3) is 0 Å². The molecule has 1 saturated carbocycles. The van der Waals surface area contributed by atoms with Gasteiger partial charge in [-0.3, -0.25) is 4.79 Å². The number of rotatable bonds is 4. The Kier molecular flexibility index (Phi) is 3.34. The Bertz CT molecular complexity index is 602. The second-order valence-electron chi connectivity index (χ2n) is 4.99. The van der Waals surface area contributed by atoms with E-state index in [0.717, 1.165) is 22.0 Å². The molecule has 3 rings (SSSR count). The molecule has 1 aromatic carbocycles. The number of para-hydroxylation sites is 1. The van der Waals surface area contributed by atoms with E-state index in [1.165, 1.54) is 12.8 Å². The lowest BCUT2D eigenvalue weighted by Crippen LogP contribution is -2.12. The number of carbonyl (C=O) groups excluding carboxylic acids is 1. The number of aryl methyl sites for hydroxylation is 1. The van der Waals surface area contributed by atoms with E-state index < -0.39 is 0 Å². The van der Waals surface area contributed by atoms with Gasteiger partial charge in [-0.1, -0.05) is 18.2 Å². The molecule has 19 heavy (non-hydrogen) atoms. The van der Waals surface area contributed by atoms with Gasteiger partial charge in [0.2, 0.25) is 5.91 Å². The smallest absolute Gasteiger partial charge is 0.224 e. The minimum atomic E-state index is 0.113. The fourth-order valence-electron chi connectivity index (χ4n) is 2.09. The zero-order chi connectivity index (χ0) is 13.2. The summed E-state index contributed by atoms with van der Waals surface area (Å²) in [4.78, 5) is 16.4. The summed E-state index contributed by atoms with van der Waals surface area (Å²) in [5.41, 5.74) is 2.79. The van der Waals surface area contributed by atoms with Crippen molar-refractivity contribution < 1.29 is 4.79 Å².